The maximum absolute atomic E-state index is 11.7. The van der Waals surface area contributed by atoms with Gasteiger partial charge in [-0.2, -0.15) is 4.98 Å². The van der Waals surface area contributed by atoms with Crippen LogP contribution in [0.1, 0.15) is 16.6 Å². The molecule has 2 rings (SSSR count). The van der Waals surface area contributed by atoms with E-state index in [4.69, 9.17) is 21.3 Å². The number of primary amides is 1. The molecule has 1 aromatic heterocycles. The van der Waals surface area contributed by atoms with Crippen LogP contribution in [0.15, 0.2) is 11.0 Å². The summed E-state index contributed by atoms with van der Waals surface area (Å²) >= 11 is 0. The number of carbonyl (C=O) groups is 1. The molecule has 10 nitrogen and oxygen atoms in total. The summed E-state index contributed by atoms with van der Waals surface area (Å²) in [6.07, 6.45) is -4.23. The highest BCUT2D eigenvalue weighted by Gasteiger charge is 2.44. The molecule has 0 radical (unpaired) electrons. The predicted molar refractivity (Wildman–Crippen MR) is 64.4 cm³/mol. The Balaban J connectivity index is 2.46. The van der Waals surface area contributed by atoms with Crippen LogP contribution in [0.2, 0.25) is 0 Å². The Bertz CT molecular complexity index is 588. The quantitative estimate of drug-likeness (QED) is 0.381. The second-order valence-corrected chi connectivity index (χ2v) is 4.32. The Morgan fingerprint density at radius 1 is 1.45 bits per heavy atom. The van der Waals surface area contributed by atoms with E-state index in [9.17, 15) is 19.8 Å². The maximum Gasteiger partial charge on any atom is 0.351 e. The molecule has 1 fully saturated rings. The lowest BCUT2D eigenvalue weighted by Gasteiger charge is -2.18. The first-order valence-electron chi connectivity index (χ1n) is 5.67. The van der Waals surface area contributed by atoms with Gasteiger partial charge in [0.15, 0.2) is 6.23 Å². The zero-order chi connectivity index (χ0) is 15.0. The van der Waals surface area contributed by atoms with Gasteiger partial charge in [-0.05, 0) is 0 Å². The molecule has 1 aliphatic rings. The smallest absolute Gasteiger partial charge is 0.351 e. The van der Waals surface area contributed by atoms with E-state index in [0.717, 1.165) is 10.8 Å². The van der Waals surface area contributed by atoms with Crippen LogP contribution in [0.4, 0.5) is 5.82 Å². The van der Waals surface area contributed by atoms with Gasteiger partial charge in [0, 0.05) is 6.20 Å². The number of aromatic nitrogens is 2. The number of ether oxygens (including phenoxy) is 1. The zero-order valence-corrected chi connectivity index (χ0v) is 10.2. The van der Waals surface area contributed by atoms with Crippen LogP contribution < -0.4 is 17.2 Å². The average molecular weight is 286 g/mol. The van der Waals surface area contributed by atoms with Crippen molar-refractivity contribution in [2.24, 2.45) is 5.73 Å². The average Bonchev–Trinajstić information content (AvgIpc) is 2.66. The van der Waals surface area contributed by atoms with Crippen LogP contribution in [-0.2, 0) is 4.74 Å². The Morgan fingerprint density at radius 3 is 2.60 bits per heavy atom. The molecule has 4 atom stereocenters. The Morgan fingerprint density at radius 2 is 2.10 bits per heavy atom. The molecular formula is C10H14N4O6. The summed E-state index contributed by atoms with van der Waals surface area (Å²) in [4.78, 5) is 26.3. The number of hydrogen-bond donors (Lipinski definition) is 5. The van der Waals surface area contributed by atoms with Gasteiger partial charge in [0.05, 0.1) is 12.2 Å². The molecule has 20 heavy (non-hydrogen) atoms. The van der Waals surface area contributed by atoms with Crippen molar-refractivity contribution in [3.8, 4) is 0 Å². The summed E-state index contributed by atoms with van der Waals surface area (Å²) < 4.78 is 5.95. The van der Waals surface area contributed by atoms with Crippen LogP contribution >= 0.6 is 0 Å². The van der Waals surface area contributed by atoms with Crippen molar-refractivity contribution >= 4 is 11.7 Å². The topological polar surface area (TPSA) is 174 Å². The number of aliphatic hydroxyl groups excluding tert-OH is 3. The van der Waals surface area contributed by atoms with Crippen LogP contribution in [0, 0.1) is 0 Å². The minimum absolute atomic E-state index is 0.220. The van der Waals surface area contributed by atoms with Crippen LogP contribution in [0.25, 0.3) is 0 Å². The lowest BCUT2D eigenvalue weighted by atomic mass is 10.1. The number of anilines is 1. The van der Waals surface area contributed by atoms with Crippen molar-refractivity contribution in [3.05, 3.63) is 22.2 Å². The molecule has 1 aliphatic heterocycles. The third kappa shape index (κ3) is 2.25. The van der Waals surface area contributed by atoms with Gasteiger partial charge < -0.3 is 31.5 Å². The summed E-state index contributed by atoms with van der Waals surface area (Å²) in [6, 6.07) is 0. The highest BCUT2D eigenvalue weighted by molar-refractivity contribution is 5.96. The van der Waals surface area contributed by atoms with Crippen molar-refractivity contribution in [1.82, 2.24) is 9.55 Å². The number of rotatable bonds is 3. The number of nitrogens with zero attached hydrogens (tertiary/aromatic N) is 2. The third-order valence-corrected chi connectivity index (χ3v) is 3.04. The van der Waals surface area contributed by atoms with Gasteiger partial charge in [0.25, 0.3) is 5.91 Å². The Kier molecular flexibility index (Phi) is 3.72. The summed E-state index contributed by atoms with van der Waals surface area (Å²) in [5.74, 6) is -1.25. The highest BCUT2D eigenvalue weighted by Crippen LogP contribution is 2.28. The molecule has 0 aromatic carbocycles. The zero-order valence-electron chi connectivity index (χ0n) is 10.2. The second kappa shape index (κ2) is 5.17. The normalized spacial score (nSPS) is 29.6. The Hall–Kier alpha value is -2.01. The molecule has 10 heteroatoms. The number of carbonyl (C=O) groups excluding carboxylic acids is 1. The first kappa shape index (κ1) is 14.4. The first-order valence-corrected chi connectivity index (χ1v) is 5.67. The van der Waals surface area contributed by atoms with Crippen LogP contribution in [-0.4, -0.2) is 55.7 Å². The van der Waals surface area contributed by atoms with E-state index >= 15 is 0 Å². The Labute approximate surface area is 112 Å². The van der Waals surface area contributed by atoms with Crippen molar-refractivity contribution in [2.45, 2.75) is 24.5 Å². The van der Waals surface area contributed by atoms with Crippen molar-refractivity contribution < 1.29 is 24.9 Å². The molecule has 1 unspecified atom stereocenters. The van der Waals surface area contributed by atoms with Crippen molar-refractivity contribution in [3.63, 3.8) is 0 Å². The summed E-state index contributed by atoms with van der Waals surface area (Å²) in [6.45, 7) is -0.547. The molecule has 7 N–H and O–H groups in total. The van der Waals surface area contributed by atoms with Gasteiger partial charge >= 0.3 is 5.69 Å². The maximum atomic E-state index is 11.7. The van der Waals surface area contributed by atoms with E-state index in [2.05, 4.69) is 4.98 Å². The van der Waals surface area contributed by atoms with Crippen molar-refractivity contribution in [1.29, 1.82) is 0 Å². The molecule has 1 aromatic rings. The van der Waals surface area contributed by atoms with E-state index in [1.54, 1.807) is 0 Å². The molecule has 0 saturated carbocycles. The van der Waals surface area contributed by atoms with Crippen molar-refractivity contribution in [2.75, 3.05) is 12.3 Å². The highest BCUT2D eigenvalue weighted by atomic mass is 16.6. The number of nitrogens with two attached hydrogens (primary N) is 2. The summed E-state index contributed by atoms with van der Waals surface area (Å²) in [7, 11) is 0. The number of aliphatic hydroxyl groups is 3. The van der Waals surface area contributed by atoms with E-state index in [1.807, 2.05) is 0 Å². The molecule has 2 heterocycles. The van der Waals surface area contributed by atoms with E-state index in [0.29, 0.717) is 0 Å². The summed E-state index contributed by atoms with van der Waals surface area (Å²) in [5.41, 5.74) is 9.36. The molecule has 0 aliphatic carbocycles. The SMILES string of the molecule is NC(=O)c1cn(C2O[C@H](CO)[C@@H](O)[C@H]2O)c(=O)nc1N. The van der Waals surface area contributed by atoms with E-state index in [1.165, 1.54) is 0 Å². The summed E-state index contributed by atoms with van der Waals surface area (Å²) in [5, 5.41) is 28.4. The molecule has 110 valence electrons. The van der Waals surface area contributed by atoms with Crippen LogP contribution in [0.5, 0.6) is 0 Å². The minimum atomic E-state index is -1.48. The van der Waals surface area contributed by atoms with Gasteiger partial charge in [-0.3, -0.25) is 9.36 Å². The largest absolute Gasteiger partial charge is 0.394 e. The van der Waals surface area contributed by atoms with Crippen LogP contribution in [0.3, 0.4) is 0 Å². The number of nitrogen functional groups attached to an aromatic ring is 1. The molecule has 0 spiro atoms. The van der Waals surface area contributed by atoms with Gasteiger partial charge in [-0.25, -0.2) is 4.79 Å². The fourth-order valence-electron chi connectivity index (χ4n) is 1.96. The van der Waals surface area contributed by atoms with Gasteiger partial charge in [0.1, 0.15) is 24.1 Å². The van der Waals surface area contributed by atoms with Gasteiger partial charge in [-0.15, -0.1) is 0 Å². The molecule has 1 amide bonds. The molecular weight excluding hydrogens is 272 g/mol. The fourth-order valence-corrected chi connectivity index (χ4v) is 1.96. The fraction of sp³-hybridized carbons (Fsp3) is 0.500. The third-order valence-electron chi connectivity index (χ3n) is 3.04. The van der Waals surface area contributed by atoms with Gasteiger partial charge in [-0.1, -0.05) is 0 Å². The molecule has 1 saturated heterocycles. The first-order chi connectivity index (χ1) is 9.36. The monoisotopic (exact) mass is 286 g/mol. The minimum Gasteiger partial charge on any atom is -0.394 e. The predicted octanol–water partition coefficient (Wildman–Crippen LogP) is -3.46. The lowest BCUT2D eigenvalue weighted by molar-refractivity contribution is -0.0550. The van der Waals surface area contributed by atoms with E-state index < -0.39 is 42.7 Å². The second-order valence-electron chi connectivity index (χ2n) is 4.32. The lowest BCUT2D eigenvalue weighted by Crippen LogP contribution is -2.37. The van der Waals surface area contributed by atoms with E-state index in [-0.39, 0.29) is 11.4 Å². The standard InChI is InChI=1S/C10H14N4O6/c11-7-3(8(12)18)1-14(10(19)13-7)9-6(17)5(16)4(2-15)20-9/h1,4-6,9,15-17H,2H2,(H2,12,18)(H2,11,13,19)/t4-,5-,6-,9?/m1/s1. The number of amides is 1. The van der Waals surface area contributed by atoms with Gasteiger partial charge in [0.2, 0.25) is 0 Å². The number of hydrogen-bond acceptors (Lipinski definition) is 8. The molecule has 0 bridgehead atoms.